The lowest BCUT2D eigenvalue weighted by Gasteiger charge is -2.03. The molecule has 0 amide bonds. The Morgan fingerprint density at radius 2 is 2.07 bits per heavy atom. The van der Waals surface area contributed by atoms with Crippen LogP contribution in [-0.2, 0) is 0 Å². The molecule has 0 atom stereocenters. The minimum Gasteiger partial charge on any atom is -0.382 e. The van der Waals surface area contributed by atoms with Gasteiger partial charge in [-0.15, -0.1) is 5.54 Å². The number of anilines is 1. The number of nitrogens with two attached hydrogens (primary N) is 1. The van der Waals surface area contributed by atoms with E-state index in [0.717, 1.165) is 0 Å². The van der Waals surface area contributed by atoms with Crippen LogP contribution in [0, 0.1) is 11.5 Å². The van der Waals surface area contributed by atoms with Crippen LogP contribution in [0.15, 0.2) is 6.20 Å². The quantitative estimate of drug-likeness (QED) is 0.542. The third-order valence-corrected chi connectivity index (χ3v) is 2.44. The van der Waals surface area contributed by atoms with E-state index in [1.54, 1.807) is 0 Å². The van der Waals surface area contributed by atoms with Gasteiger partial charge in [0, 0.05) is 0 Å². The predicted octanol–water partition coefficient (Wildman–Crippen LogP) is 1.94. The van der Waals surface area contributed by atoms with E-state index in [-0.39, 0.29) is 5.15 Å². The lowest BCUT2D eigenvalue weighted by atomic mass is 10.5. The highest BCUT2D eigenvalue weighted by molar-refractivity contribution is 6.83. The first-order valence-electron chi connectivity index (χ1n) is 4.20. The Labute approximate surface area is 89.7 Å². The molecule has 14 heavy (non-hydrogen) atoms. The summed E-state index contributed by atoms with van der Waals surface area (Å²) in [6, 6.07) is 0. The number of nitrogen functional groups attached to an aromatic ring is 1. The Bertz CT molecular complexity index is 401. The van der Waals surface area contributed by atoms with E-state index in [9.17, 15) is 0 Å². The Morgan fingerprint density at radius 1 is 1.43 bits per heavy atom. The molecule has 0 unspecified atom stereocenters. The van der Waals surface area contributed by atoms with Gasteiger partial charge in [0.25, 0.3) is 0 Å². The van der Waals surface area contributed by atoms with Crippen molar-refractivity contribution in [1.82, 2.24) is 9.97 Å². The number of aromatic nitrogens is 2. The number of nitrogens with zero attached hydrogens (tertiary/aromatic N) is 2. The fourth-order valence-corrected chi connectivity index (χ4v) is 1.40. The molecule has 0 saturated carbocycles. The molecule has 0 bridgehead atoms. The van der Waals surface area contributed by atoms with E-state index in [2.05, 4.69) is 41.1 Å². The molecule has 0 aromatic carbocycles. The van der Waals surface area contributed by atoms with E-state index in [1.165, 1.54) is 6.20 Å². The van der Waals surface area contributed by atoms with Crippen molar-refractivity contribution in [2.75, 3.05) is 5.73 Å². The Hall–Kier alpha value is -1.05. The van der Waals surface area contributed by atoms with Crippen molar-refractivity contribution in [2.24, 2.45) is 0 Å². The average molecular weight is 226 g/mol. The van der Waals surface area contributed by atoms with Crippen molar-refractivity contribution < 1.29 is 0 Å². The second-order valence-corrected chi connectivity index (χ2v) is 9.04. The molecule has 0 aliphatic heterocycles. The van der Waals surface area contributed by atoms with Gasteiger partial charge < -0.3 is 5.73 Å². The SMILES string of the molecule is C[Si](C)(C)C#Cc1ncc(N)nc1Cl. The molecular weight excluding hydrogens is 214 g/mol. The first-order valence-corrected chi connectivity index (χ1v) is 8.07. The standard InChI is InChI=1S/C9H12ClN3Si/c1-14(2,3)5-4-7-9(10)13-8(11)6-12-7/h6H,1-3H3,(H2,11,13). The van der Waals surface area contributed by atoms with Crippen molar-refractivity contribution in [1.29, 1.82) is 0 Å². The molecule has 0 fully saturated rings. The topological polar surface area (TPSA) is 51.8 Å². The first kappa shape index (κ1) is 11.0. The molecule has 1 rings (SSSR count). The molecule has 0 aliphatic carbocycles. The second-order valence-electron chi connectivity index (χ2n) is 3.93. The third kappa shape index (κ3) is 3.36. The van der Waals surface area contributed by atoms with Crippen molar-refractivity contribution in [3.63, 3.8) is 0 Å². The van der Waals surface area contributed by atoms with Gasteiger partial charge in [0.05, 0.1) is 6.20 Å². The molecule has 1 aromatic heterocycles. The van der Waals surface area contributed by atoms with Crippen molar-refractivity contribution in [3.05, 3.63) is 17.0 Å². The highest BCUT2D eigenvalue weighted by Gasteiger charge is 2.08. The molecule has 2 N–H and O–H groups in total. The summed E-state index contributed by atoms with van der Waals surface area (Å²) in [4.78, 5) is 7.88. The van der Waals surface area contributed by atoms with Gasteiger partial charge in [-0.2, -0.15) is 0 Å². The summed E-state index contributed by atoms with van der Waals surface area (Å²) >= 11 is 5.82. The lowest BCUT2D eigenvalue weighted by molar-refractivity contribution is 1.18. The maximum atomic E-state index is 5.82. The molecule has 3 nitrogen and oxygen atoms in total. The second kappa shape index (κ2) is 3.99. The monoisotopic (exact) mass is 225 g/mol. The maximum absolute atomic E-state index is 5.82. The summed E-state index contributed by atoms with van der Waals surface area (Å²) in [5.74, 6) is 3.24. The lowest BCUT2D eigenvalue weighted by Crippen LogP contribution is -2.16. The third-order valence-electron chi connectivity index (χ3n) is 1.30. The zero-order valence-electron chi connectivity index (χ0n) is 8.43. The summed E-state index contributed by atoms with van der Waals surface area (Å²) < 4.78 is 0. The summed E-state index contributed by atoms with van der Waals surface area (Å²) in [6.45, 7) is 6.45. The van der Waals surface area contributed by atoms with Crippen LogP contribution in [0.2, 0.25) is 24.8 Å². The minimum atomic E-state index is -1.40. The van der Waals surface area contributed by atoms with Crippen LogP contribution in [0.1, 0.15) is 5.69 Å². The normalized spacial score (nSPS) is 10.6. The molecule has 1 heterocycles. The summed E-state index contributed by atoms with van der Waals surface area (Å²) in [5, 5.41) is 0.274. The molecule has 0 saturated heterocycles. The van der Waals surface area contributed by atoms with E-state index in [1.807, 2.05) is 0 Å². The minimum absolute atomic E-state index is 0.274. The van der Waals surface area contributed by atoms with Crippen molar-refractivity contribution in [2.45, 2.75) is 19.6 Å². The van der Waals surface area contributed by atoms with E-state index >= 15 is 0 Å². The fourth-order valence-electron chi connectivity index (χ4n) is 0.710. The Morgan fingerprint density at radius 3 is 2.57 bits per heavy atom. The largest absolute Gasteiger partial charge is 0.382 e. The van der Waals surface area contributed by atoms with Crippen LogP contribution < -0.4 is 5.73 Å². The smallest absolute Gasteiger partial charge is 0.165 e. The zero-order valence-corrected chi connectivity index (χ0v) is 10.2. The molecular formula is C9H12ClN3Si. The summed E-state index contributed by atoms with van der Waals surface area (Å²) in [7, 11) is -1.40. The van der Waals surface area contributed by atoms with Gasteiger partial charge in [0.2, 0.25) is 0 Å². The van der Waals surface area contributed by atoms with Crippen molar-refractivity contribution >= 4 is 25.5 Å². The molecule has 74 valence electrons. The molecule has 0 radical (unpaired) electrons. The molecule has 5 heteroatoms. The fraction of sp³-hybridized carbons (Fsp3) is 0.333. The Balaban J connectivity index is 3.02. The van der Waals surface area contributed by atoms with Crippen LogP contribution in [-0.4, -0.2) is 18.0 Å². The van der Waals surface area contributed by atoms with Crippen LogP contribution in [0.5, 0.6) is 0 Å². The number of hydrogen-bond donors (Lipinski definition) is 1. The van der Waals surface area contributed by atoms with Gasteiger partial charge in [0.15, 0.2) is 5.15 Å². The predicted molar refractivity (Wildman–Crippen MR) is 61.7 cm³/mol. The Kier molecular flexibility index (Phi) is 3.14. The van der Waals surface area contributed by atoms with Crippen LogP contribution in [0.25, 0.3) is 0 Å². The summed E-state index contributed by atoms with van der Waals surface area (Å²) in [5.41, 5.74) is 9.07. The van der Waals surface area contributed by atoms with Crippen molar-refractivity contribution in [3.8, 4) is 11.5 Å². The molecule has 0 spiro atoms. The van der Waals surface area contributed by atoms with Gasteiger partial charge in [-0.3, -0.25) is 0 Å². The van der Waals surface area contributed by atoms with Crippen LogP contribution in [0.3, 0.4) is 0 Å². The molecule has 0 aliphatic rings. The molecule has 1 aromatic rings. The van der Waals surface area contributed by atoms with E-state index < -0.39 is 8.07 Å². The van der Waals surface area contributed by atoms with Gasteiger partial charge in [-0.1, -0.05) is 37.2 Å². The van der Waals surface area contributed by atoms with Gasteiger partial charge in [0.1, 0.15) is 19.6 Å². The number of rotatable bonds is 0. The zero-order chi connectivity index (χ0) is 10.8. The number of hydrogen-bond acceptors (Lipinski definition) is 3. The van der Waals surface area contributed by atoms with Gasteiger partial charge in [-0.25, -0.2) is 9.97 Å². The van der Waals surface area contributed by atoms with Gasteiger partial charge in [-0.05, 0) is 0 Å². The summed E-state index contributed by atoms with van der Waals surface area (Å²) in [6.07, 6.45) is 1.46. The van der Waals surface area contributed by atoms with E-state index in [0.29, 0.717) is 11.5 Å². The van der Waals surface area contributed by atoms with Crippen LogP contribution in [0.4, 0.5) is 5.82 Å². The maximum Gasteiger partial charge on any atom is 0.165 e. The number of halogens is 1. The van der Waals surface area contributed by atoms with Gasteiger partial charge >= 0.3 is 0 Å². The average Bonchev–Trinajstić information content (AvgIpc) is 2.00. The van der Waals surface area contributed by atoms with Crippen LogP contribution >= 0.6 is 11.6 Å². The highest BCUT2D eigenvalue weighted by atomic mass is 35.5. The first-order chi connectivity index (χ1) is 6.38. The highest BCUT2D eigenvalue weighted by Crippen LogP contribution is 2.10. The van der Waals surface area contributed by atoms with E-state index in [4.69, 9.17) is 17.3 Å².